The summed E-state index contributed by atoms with van der Waals surface area (Å²) in [7, 11) is 0. The Kier molecular flexibility index (Phi) is 6.74. The first kappa shape index (κ1) is 17.6. The number of unbranched alkanes of at least 4 members (excludes halogenated alkanes) is 1. The van der Waals surface area contributed by atoms with Crippen LogP contribution in [0.1, 0.15) is 31.0 Å². The number of aryl methyl sites for hydroxylation is 2. The summed E-state index contributed by atoms with van der Waals surface area (Å²) in [5, 5.41) is 17.3. The number of nitrogens with one attached hydrogen (secondary N) is 1. The zero-order valence-electron chi connectivity index (χ0n) is 13.7. The van der Waals surface area contributed by atoms with E-state index in [1.165, 1.54) is 0 Å². The van der Waals surface area contributed by atoms with E-state index in [1.54, 1.807) is 0 Å². The second-order valence-electron chi connectivity index (χ2n) is 5.38. The number of hydrogen-bond donors (Lipinski definition) is 2. The number of anilines is 1. The Bertz CT molecular complexity index is 611. The smallest absolute Gasteiger partial charge is 0.132 e. The summed E-state index contributed by atoms with van der Waals surface area (Å²) < 4.78 is 7.22. The summed E-state index contributed by atoms with van der Waals surface area (Å²) in [5.41, 5.74) is 2.98. The van der Waals surface area contributed by atoms with Crippen molar-refractivity contribution in [1.29, 1.82) is 0 Å². The third-order valence-corrected chi connectivity index (χ3v) is 4.01. The molecule has 0 aliphatic rings. The molecular formula is C17H24ClN3O2. The molecule has 2 aromatic rings. The highest BCUT2D eigenvalue weighted by Gasteiger charge is 2.12. The standard InChI is InChI=1S/C17H24ClN3O2/c1-3-4-9-21-17(18)16(13(2)20-21)12-19-14-5-7-15(8-6-14)23-11-10-22/h5-8,19,22H,3-4,9-12H2,1-2H3. The zero-order valence-corrected chi connectivity index (χ0v) is 14.4. The van der Waals surface area contributed by atoms with Crippen LogP contribution in [-0.4, -0.2) is 28.1 Å². The molecule has 2 N–H and O–H groups in total. The fraction of sp³-hybridized carbons (Fsp3) is 0.471. The Morgan fingerprint density at radius 3 is 2.70 bits per heavy atom. The van der Waals surface area contributed by atoms with Crippen molar-refractivity contribution in [3.05, 3.63) is 40.7 Å². The van der Waals surface area contributed by atoms with Gasteiger partial charge in [0, 0.05) is 24.3 Å². The van der Waals surface area contributed by atoms with Gasteiger partial charge < -0.3 is 15.2 Å². The first-order valence-corrected chi connectivity index (χ1v) is 8.32. The predicted octanol–water partition coefficient (Wildman–Crippen LogP) is 3.63. The number of nitrogens with zero attached hydrogens (tertiary/aromatic N) is 2. The molecule has 0 fully saturated rings. The third kappa shape index (κ3) is 4.88. The van der Waals surface area contributed by atoms with Crippen LogP contribution in [0.15, 0.2) is 24.3 Å². The highest BCUT2D eigenvalue weighted by molar-refractivity contribution is 6.30. The molecule has 0 amide bonds. The number of hydrogen-bond acceptors (Lipinski definition) is 4. The SMILES string of the molecule is CCCCn1nc(C)c(CNc2ccc(OCCO)cc2)c1Cl. The molecule has 0 spiro atoms. The molecule has 0 aliphatic carbocycles. The molecular weight excluding hydrogens is 314 g/mol. The number of aliphatic hydroxyl groups excluding tert-OH is 1. The van der Waals surface area contributed by atoms with Gasteiger partial charge in [0.15, 0.2) is 0 Å². The number of aromatic nitrogens is 2. The molecule has 0 atom stereocenters. The van der Waals surface area contributed by atoms with Crippen LogP contribution in [0.4, 0.5) is 5.69 Å². The van der Waals surface area contributed by atoms with Crippen molar-refractivity contribution in [2.75, 3.05) is 18.5 Å². The second-order valence-corrected chi connectivity index (χ2v) is 5.74. The van der Waals surface area contributed by atoms with Crippen LogP contribution in [-0.2, 0) is 13.1 Å². The molecule has 0 bridgehead atoms. The van der Waals surface area contributed by atoms with Crippen molar-refractivity contribution >= 4 is 17.3 Å². The lowest BCUT2D eigenvalue weighted by Crippen LogP contribution is -2.03. The van der Waals surface area contributed by atoms with Gasteiger partial charge in [-0.1, -0.05) is 24.9 Å². The Labute approximate surface area is 142 Å². The van der Waals surface area contributed by atoms with Crippen molar-refractivity contribution in [1.82, 2.24) is 9.78 Å². The summed E-state index contributed by atoms with van der Waals surface area (Å²) >= 11 is 6.43. The Morgan fingerprint density at radius 2 is 2.04 bits per heavy atom. The maximum absolute atomic E-state index is 8.74. The topological polar surface area (TPSA) is 59.3 Å². The average molecular weight is 338 g/mol. The molecule has 126 valence electrons. The largest absolute Gasteiger partial charge is 0.491 e. The molecule has 0 aliphatic heterocycles. The van der Waals surface area contributed by atoms with E-state index in [0.29, 0.717) is 18.3 Å². The molecule has 1 aromatic carbocycles. The fourth-order valence-corrected chi connectivity index (χ4v) is 2.60. The molecule has 5 nitrogen and oxygen atoms in total. The fourth-order valence-electron chi connectivity index (χ4n) is 2.27. The van der Waals surface area contributed by atoms with Crippen molar-refractivity contribution in [3.63, 3.8) is 0 Å². The van der Waals surface area contributed by atoms with Crippen LogP contribution in [0.25, 0.3) is 0 Å². The van der Waals surface area contributed by atoms with Gasteiger partial charge in [-0.15, -0.1) is 0 Å². The Hall–Kier alpha value is -1.72. The average Bonchev–Trinajstić information content (AvgIpc) is 2.84. The van der Waals surface area contributed by atoms with Gasteiger partial charge in [0.1, 0.15) is 17.5 Å². The van der Waals surface area contributed by atoms with E-state index in [1.807, 2.05) is 35.9 Å². The van der Waals surface area contributed by atoms with E-state index in [9.17, 15) is 0 Å². The number of benzene rings is 1. The van der Waals surface area contributed by atoms with E-state index in [2.05, 4.69) is 17.3 Å². The van der Waals surface area contributed by atoms with Crippen LogP contribution in [0, 0.1) is 6.92 Å². The highest BCUT2D eigenvalue weighted by atomic mass is 35.5. The van der Waals surface area contributed by atoms with Gasteiger partial charge in [-0.25, -0.2) is 0 Å². The summed E-state index contributed by atoms with van der Waals surface area (Å²) in [6.07, 6.45) is 2.19. The lowest BCUT2D eigenvalue weighted by molar-refractivity contribution is 0.201. The van der Waals surface area contributed by atoms with Gasteiger partial charge in [-0.3, -0.25) is 4.68 Å². The summed E-state index contributed by atoms with van der Waals surface area (Å²) in [5.74, 6) is 0.742. The first-order chi connectivity index (χ1) is 11.2. The quantitative estimate of drug-likeness (QED) is 0.733. The van der Waals surface area contributed by atoms with Crippen LogP contribution in [0.3, 0.4) is 0 Å². The van der Waals surface area contributed by atoms with Crippen LogP contribution >= 0.6 is 11.6 Å². The van der Waals surface area contributed by atoms with Crippen LogP contribution < -0.4 is 10.1 Å². The Morgan fingerprint density at radius 1 is 1.30 bits per heavy atom. The van der Waals surface area contributed by atoms with Gasteiger partial charge in [0.05, 0.1) is 12.3 Å². The minimum absolute atomic E-state index is 0.0137. The molecule has 2 rings (SSSR count). The number of aliphatic hydroxyl groups is 1. The predicted molar refractivity (Wildman–Crippen MR) is 93.2 cm³/mol. The van der Waals surface area contributed by atoms with Gasteiger partial charge in [-0.2, -0.15) is 5.10 Å². The molecule has 1 heterocycles. The molecule has 0 saturated carbocycles. The van der Waals surface area contributed by atoms with E-state index >= 15 is 0 Å². The van der Waals surface area contributed by atoms with E-state index < -0.39 is 0 Å². The van der Waals surface area contributed by atoms with E-state index in [4.69, 9.17) is 21.4 Å². The van der Waals surface area contributed by atoms with E-state index in [-0.39, 0.29) is 6.61 Å². The number of rotatable bonds is 9. The van der Waals surface area contributed by atoms with Crippen LogP contribution in [0.2, 0.25) is 5.15 Å². The normalized spacial score (nSPS) is 10.8. The van der Waals surface area contributed by atoms with Gasteiger partial charge >= 0.3 is 0 Å². The van der Waals surface area contributed by atoms with Gasteiger partial charge in [0.25, 0.3) is 0 Å². The van der Waals surface area contributed by atoms with Crippen molar-refractivity contribution in [2.45, 2.75) is 39.8 Å². The van der Waals surface area contributed by atoms with Crippen molar-refractivity contribution in [2.24, 2.45) is 0 Å². The van der Waals surface area contributed by atoms with E-state index in [0.717, 1.165) is 42.1 Å². The number of halogens is 1. The maximum atomic E-state index is 8.74. The lowest BCUT2D eigenvalue weighted by Gasteiger charge is -2.08. The molecule has 0 radical (unpaired) electrons. The molecule has 1 aromatic heterocycles. The lowest BCUT2D eigenvalue weighted by atomic mass is 10.2. The number of ether oxygens (including phenoxy) is 1. The molecule has 6 heteroatoms. The maximum Gasteiger partial charge on any atom is 0.132 e. The summed E-state index contributed by atoms with van der Waals surface area (Å²) in [6.45, 7) is 5.94. The van der Waals surface area contributed by atoms with Gasteiger partial charge in [0.2, 0.25) is 0 Å². The molecule has 0 unspecified atom stereocenters. The Balaban J connectivity index is 1.96. The summed E-state index contributed by atoms with van der Waals surface area (Å²) in [6, 6.07) is 7.63. The van der Waals surface area contributed by atoms with Crippen molar-refractivity contribution < 1.29 is 9.84 Å². The minimum Gasteiger partial charge on any atom is -0.491 e. The van der Waals surface area contributed by atoms with Crippen LogP contribution in [0.5, 0.6) is 5.75 Å². The zero-order chi connectivity index (χ0) is 16.7. The third-order valence-electron chi connectivity index (χ3n) is 3.59. The monoisotopic (exact) mass is 337 g/mol. The molecule has 0 saturated heterocycles. The first-order valence-electron chi connectivity index (χ1n) is 7.95. The second kappa shape index (κ2) is 8.79. The van der Waals surface area contributed by atoms with Crippen molar-refractivity contribution in [3.8, 4) is 5.75 Å². The minimum atomic E-state index is 0.0137. The summed E-state index contributed by atoms with van der Waals surface area (Å²) in [4.78, 5) is 0. The highest BCUT2D eigenvalue weighted by Crippen LogP contribution is 2.22. The van der Waals surface area contributed by atoms with Gasteiger partial charge in [-0.05, 0) is 37.6 Å². The molecule has 23 heavy (non-hydrogen) atoms.